The fourth-order valence-corrected chi connectivity index (χ4v) is 4.37. The van der Waals surface area contributed by atoms with E-state index >= 15 is 0 Å². The zero-order valence-electron chi connectivity index (χ0n) is 18.3. The number of carbonyl (C=O) groups is 1. The number of hydrogen-bond donors (Lipinski definition) is 1. The average Bonchev–Trinajstić information content (AvgIpc) is 3.16. The van der Waals surface area contributed by atoms with Crippen molar-refractivity contribution in [1.29, 1.82) is 0 Å². The number of ether oxygens (including phenoxy) is 1. The van der Waals surface area contributed by atoms with E-state index in [1.54, 1.807) is 6.33 Å². The van der Waals surface area contributed by atoms with Gasteiger partial charge in [-0.3, -0.25) is 4.79 Å². The molecule has 2 aromatic rings. The van der Waals surface area contributed by atoms with Crippen molar-refractivity contribution in [1.82, 2.24) is 20.2 Å². The van der Waals surface area contributed by atoms with Crippen molar-refractivity contribution in [3.05, 3.63) is 52.4 Å². The van der Waals surface area contributed by atoms with E-state index in [0.717, 1.165) is 35.7 Å². The van der Waals surface area contributed by atoms with Gasteiger partial charge in [0, 0.05) is 49.4 Å². The molecule has 1 fully saturated rings. The Bertz CT molecular complexity index is 913. The smallest absolute Gasteiger partial charge is 0.231 e. The number of carbonyl (C=O) groups excluding carboxylic acids is 1. The summed E-state index contributed by atoms with van der Waals surface area (Å²) in [5.41, 5.74) is 3.05. The second kappa shape index (κ2) is 9.51. The van der Waals surface area contributed by atoms with Crippen LogP contribution in [-0.2, 0) is 16.1 Å². The van der Waals surface area contributed by atoms with Crippen LogP contribution in [0.1, 0.15) is 49.6 Å². The zero-order valence-corrected chi connectivity index (χ0v) is 19.1. The third-order valence-corrected chi connectivity index (χ3v) is 6.27. The third kappa shape index (κ3) is 4.84. The number of piperazine rings is 1. The summed E-state index contributed by atoms with van der Waals surface area (Å²) >= 11 is 6.06. The number of fused-ring (bicyclic) bond motifs is 1. The molecule has 166 valence electrons. The highest BCUT2D eigenvalue weighted by atomic mass is 35.5. The largest absolute Gasteiger partial charge is 0.367 e. The van der Waals surface area contributed by atoms with E-state index in [2.05, 4.69) is 34.0 Å². The van der Waals surface area contributed by atoms with Crippen LogP contribution < -0.4 is 10.2 Å². The van der Waals surface area contributed by atoms with E-state index in [4.69, 9.17) is 16.3 Å². The molecular formula is C23H30ClN5O2. The number of amides is 1. The zero-order chi connectivity index (χ0) is 22.0. The fourth-order valence-electron chi connectivity index (χ4n) is 4.25. The molecule has 4 rings (SSSR count). The Morgan fingerprint density at radius 1 is 1.19 bits per heavy atom. The molecular weight excluding hydrogens is 414 g/mol. The molecule has 2 aliphatic rings. The van der Waals surface area contributed by atoms with Gasteiger partial charge in [0.05, 0.1) is 24.3 Å². The van der Waals surface area contributed by atoms with Crippen LogP contribution in [0, 0.1) is 0 Å². The number of rotatable bonds is 6. The van der Waals surface area contributed by atoms with Gasteiger partial charge in [-0.15, -0.1) is 0 Å². The van der Waals surface area contributed by atoms with Gasteiger partial charge in [-0.25, -0.2) is 9.97 Å². The SMILES string of the molecule is CC(C)NC[C@@H](C(=O)N1CCN(c2ncnc3c2[C@H](C)OC3)CC1)c1ccc(Cl)cc1. The van der Waals surface area contributed by atoms with E-state index in [-0.39, 0.29) is 17.9 Å². The number of nitrogens with one attached hydrogen (secondary N) is 1. The summed E-state index contributed by atoms with van der Waals surface area (Å²) < 4.78 is 5.74. The van der Waals surface area contributed by atoms with Crippen molar-refractivity contribution in [3.8, 4) is 0 Å². The molecule has 1 saturated heterocycles. The maximum Gasteiger partial charge on any atom is 0.231 e. The number of nitrogens with zero attached hydrogens (tertiary/aromatic N) is 4. The van der Waals surface area contributed by atoms with Crippen molar-refractivity contribution in [2.45, 2.75) is 45.4 Å². The first-order chi connectivity index (χ1) is 14.9. The first kappa shape index (κ1) is 22.0. The maximum atomic E-state index is 13.5. The van der Waals surface area contributed by atoms with Gasteiger partial charge in [-0.1, -0.05) is 37.6 Å². The molecule has 3 heterocycles. The summed E-state index contributed by atoms with van der Waals surface area (Å²) in [4.78, 5) is 26.6. The molecule has 2 atom stereocenters. The second-order valence-corrected chi connectivity index (χ2v) is 8.93. The van der Waals surface area contributed by atoms with Gasteiger partial charge in [0.2, 0.25) is 5.91 Å². The monoisotopic (exact) mass is 443 g/mol. The van der Waals surface area contributed by atoms with Crippen molar-refractivity contribution >= 4 is 23.3 Å². The molecule has 2 aliphatic heterocycles. The highest BCUT2D eigenvalue weighted by Gasteiger charge is 2.32. The predicted molar refractivity (Wildman–Crippen MR) is 121 cm³/mol. The lowest BCUT2D eigenvalue weighted by atomic mass is 9.96. The average molecular weight is 444 g/mol. The number of anilines is 1. The molecule has 0 saturated carbocycles. The van der Waals surface area contributed by atoms with Crippen molar-refractivity contribution in [2.24, 2.45) is 0 Å². The van der Waals surface area contributed by atoms with Gasteiger partial charge >= 0.3 is 0 Å². The fraction of sp³-hybridized carbons (Fsp3) is 0.522. The van der Waals surface area contributed by atoms with E-state index in [1.165, 1.54) is 0 Å². The molecule has 31 heavy (non-hydrogen) atoms. The lowest BCUT2D eigenvalue weighted by Gasteiger charge is -2.38. The Hall–Kier alpha value is -2.22. The van der Waals surface area contributed by atoms with Gasteiger partial charge < -0.3 is 19.9 Å². The number of halogens is 1. The first-order valence-electron chi connectivity index (χ1n) is 10.9. The summed E-state index contributed by atoms with van der Waals surface area (Å²) in [6.45, 7) is 10.2. The Morgan fingerprint density at radius 3 is 2.58 bits per heavy atom. The van der Waals surface area contributed by atoms with Crippen LogP contribution in [0.25, 0.3) is 0 Å². The van der Waals surface area contributed by atoms with Crippen LogP contribution in [0.4, 0.5) is 5.82 Å². The topological polar surface area (TPSA) is 70.6 Å². The van der Waals surface area contributed by atoms with E-state index in [9.17, 15) is 4.79 Å². The van der Waals surface area contributed by atoms with Gasteiger partial charge in [0.15, 0.2) is 0 Å². The van der Waals surface area contributed by atoms with Crippen LogP contribution >= 0.6 is 11.6 Å². The minimum Gasteiger partial charge on any atom is -0.367 e. The molecule has 7 nitrogen and oxygen atoms in total. The van der Waals surface area contributed by atoms with Crippen LogP contribution in [-0.4, -0.2) is 59.5 Å². The number of benzene rings is 1. The minimum atomic E-state index is -0.233. The highest BCUT2D eigenvalue weighted by molar-refractivity contribution is 6.30. The lowest BCUT2D eigenvalue weighted by molar-refractivity contribution is -0.133. The van der Waals surface area contributed by atoms with E-state index in [0.29, 0.717) is 37.3 Å². The van der Waals surface area contributed by atoms with Crippen molar-refractivity contribution in [2.75, 3.05) is 37.6 Å². The predicted octanol–water partition coefficient (Wildman–Crippen LogP) is 3.15. The molecule has 1 aromatic heterocycles. The highest BCUT2D eigenvalue weighted by Crippen LogP contribution is 2.35. The summed E-state index contributed by atoms with van der Waals surface area (Å²) in [5, 5.41) is 4.10. The van der Waals surface area contributed by atoms with E-state index in [1.807, 2.05) is 36.1 Å². The molecule has 1 aromatic carbocycles. The number of aromatic nitrogens is 2. The van der Waals surface area contributed by atoms with Crippen LogP contribution in [0.15, 0.2) is 30.6 Å². The molecule has 0 spiro atoms. The normalized spacial score (nSPS) is 19.6. The molecule has 0 unspecified atom stereocenters. The second-order valence-electron chi connectivity index (χ2n) is 8.49. The summed E-state index contributed by atoms with van der Waals surface area (Å²) in [6, 6.07) is 7.92. The summed E-state index contributed by atoms with van der Waals surface area (Å²) in [5.74, 6) is 0.862. The number of hydrogen-bond acceptors (Lipinski definition) is 6. The van der Waals surface area contributed by atoms with Crippen LogP contribution in [0.3, 0.4) is 0 Å². The molecule has 0 radical (unpaired) electrons. The van der Waals surface area contributed by atoms with Crippen molar-refractivity contribution in [3.63, 3.8) is 0 Å². The van der Waals surface area contributed by atoms with Gasteiger partial charge in [0.1, 0.15) is 12.1 Å². The lowest BCUT2D eigenvalue weighted by Crippen LogP contribution is -2.51. The molecule has 0 aliphatic carbocycles. The van der Waals surface area contributed by atoms with Crippen LogP contribution in [0.5, 0.6) is 0 Å². The molecule has 0 bridgehead atoms. The molecule has 1 N–H and O–H groups in total. The Labute approximate surface area is 188 Å². The van der Waals surface area contributed by atoms with E-state index < -0.39 is 0 Å². The molecule has 8 heteroatoms. The Kier molecular flexibility index (Phi) is 6.74. The quantitative estimate of drug-likeness (QED) is 0.739. The van der Waals surface area contributed by atoms with Crippen LogP contribution in [0.2, 0.25) is 5.02 Å². The standard InChI is InChI=1S/C23H30ClN5O2/c1-15(2)25-12-19(17-4-6-18(24)7-5-17)23(30)29-10-8-28(9-11-29)22-21-16(3)31-13-20(21)26-14-27-22/h4-7,14-16,19,25H,8-13H2,1-3H3/t16-,19+/m0/s1. The minimum absolute atomic E-state index is 0.00209. The third-order valence-electron chi connectivity index (χ3n) is 6.01. The molecule has 1 amide bonds. The van der Waals surface area contributed by atoms with Crippen molar-refractivity contribution < 1.29 is 9.53 Å². The Morgan fingerprint density at radius 2 is 1.90 bits per heavy atom. The van der Waals surface area contributed by atoms with Gasteiger partial charge in [0.25, 0.3) is 0 Å². The summed E-state index contributed by atoms with van der Waals surface area (Å²) in [7, 11) is 0. The maximum absolute atomic E-state index is 13.5. The first-order valence-corrected chi connectivity index (χ1v) is 11.3. The summed E-state index contributed by atoms with van der Waals surface area (Å²) in [6.07, 6.45) is 1.61. The van der Waals surface area contributed by atoms with Gasteiger partial charge in [-0.2, -0.15) is 0 Å². The van der Waals surface area contributed by atoms with Gasteiger partial charge in [-0.05, 0) is 24.6 Å². The Balaban J connectivity index is 1.46.